The third-order valence-corrected chi connectivity index (χ3v) is 5.81. The van der Waals surface area contributed by atoms with Crippen molar-refractivity contribution in [3.8, 4) is 5.69 Å². The van der Waals surface area contributed by atoms with E-state index >= 15 is 0 Å². The molecule has 1 aromatic heterocycles. The molecule has 5 nitrogen and oxygen atoms in total. The lowest BCUT2D eigenvalue weighted by Gasteiger charge is -2.09. The minimum atomic E-state index is -3.69. The zero-order chi connectivity index (χ0) is 17.5. The predicted molar refractivity (Wildman–Crippen MR) is 92.2 cm³/mol. The highest BCUT2D eigenvalue weighted by atomic mass is 32.2. The van der Waals surface area contributed by atoms with Gasteiger partial charge < -0.3 is 0 Å². The van der Waals surface area contributed by atoms with Crippen LogP contribution in [0.2, 0.25) is 0 Å². The molecule has 124 valence electrons. The smallest absolute Gasteiger partial charge is 0.217 e. The van der Waals surface area contributed by atoms with Gasteiger partial charge in [-0.3, -0.25) is 0 Å². The second-order valence-corrected chi connectivity index (χ2v) is 7.86. The first-order valence-electron chi connectivity index (χ1n) is 7.62. The van der Waals surface area contributed by atoms with Crippen LogP contribution in [0.1, 0.15) is 22.4 Å². The standard InChI is InChI=1S/C18H19N3O2S/c1-12-6-9-16(10-7-12)24(22,23)18-15(4)21(20-19-18)17-11-13(2)5-8-14(17)3/h5-11H,1-4H3. The number of hydrogen-bond acceptors (Lipinski definition) is 4. The van der Waals surface area contributed by atoms with Crippen molar-refractivity contribution in [2.75, 3.05) is 0 Å². The van der Waals surface area contributed by atoms with Crippen LogP contribution >= 0.6 is 0 Å². The van der Waals surface area contributed by atoms with Crippen molar-refractivity contribution < 1.29 is 8.42 Å². The molecule has 6 heteroatoms. The highest BCUT2D eigenvalue weighted by Gasteiger charge is 2.26. The molecule has 0 saturated carbocycles. The number of rotatable bonds is 3. The SMILES string of the molecule is Cc1ccc(S(=O)(=O)c2nnn(-c3cc(C)ccc3C)c2C)cc1. The molecule has 0 unspecified atom stereocenters. The molecule has 3 rings (SSSR count). The molecule has 0 atom stereocenters. The van der Waals surface area contributed by atoms with Crippen LogP contribution in [-0.4, -0.2) is 23.4 Å². The second-order valence-electron chi connectivity index (χ2n) is 6.00. The minimum absolute atomic E-state index is 0.00717. The van der Waals surface area contributed by atoms with Crippen LogP contribution in [0.4, 0.5) is 0 Å². The molecule has 0 aliphatic carbocycles. The molecule has 3 aromatic rings. The zero-order valence-electron chi connectivity index (χ0n) is 14.1. The fraction of sp³-hybridized carbons (Fsp3) is 0.222. The fourth-order valence-electron chi connectivity index (χ4n) is 2.57. The van der Waals surface area contributed by atoms with E-state index in [-0.39, 0.29) is 9.92 Å². The van der Waals surface area contributed by atoms with Gasteiger partial charge in [0, 0.05) is 0 Å². The molecule has 0 aliphatic heterocycles. The number of nitrogens with zero attached hydrogens (tertiary/aromatic N) is 3. The van der Waals surface area contributed by atoms with Gasteiger partial charge in [0.1, 0.15) is 0 Å². The van der Waals surface area contributed by atoms with Crippen LogP contribution in [0.3, 0.4) is 0 Å². The average molecular weight is 341 g/mol. The van der Waals surface area contributed by atoms with E-state index in [2.05, 4.69) is 10.3 Å². The Balaban J connectivity index is 2.13. The van der Waals surface area contributed by atoms with Crippen molar-refractivity contribution in [1.82, 2.24) is 15.0 Å². The van der Waals surface area contributed by atoms with Crippen molar-refractivity contribution in [2.45, 2.75) is 37.6 Å². The minimum Gasteiger partial charge on any atom is -0.217 e. The van der Waals surface area contributed by atoms with E-state index in [0.29, 0.717) is 5.69 Å². The molecule has 24 heavy (non-hydrogen) atoms. The van der Waals surface area contributed by atoms with Crippen LogP contribution in [-0.2, 0) is 9.84 Å². The lowest BCUT2D eigenvalue weighted by atomic mass is 10.1. The molecule has 0 aliphatic rings. The zero-order valence-corrected chi connectivity index (χ0v) is 14.9. The Bertz CT molecular complexity index is 1000. The fourth-order valence-corrected chi connectivity index (χ4v) is 3.91. The van der Waals surface area contributed by atoms with Crippen molar-refractivity contribution in [2.24, 2.45) is 0 Å². The van der Waals surface area contributed by atoms with Gasteiger partial charge in [0.25, 0.3) is 0 Å². The molecule has 0 spiro atoms. The van der Waals surface area contributed by atoms with Gasteiger partial charge in [0.15, 0.2) is 0 Å². The Morgan fingerprint density at radius 3 is 2.17 bits per heavy atom. The normalized spacial score (nSPS) is 11.7. The van der Waals surface area contributed by atoms with Crippen molar-refractivity contribution in [3.05, 3.63) is 64.8 Å². The number of aryl methyl sites for hydroxylation is 3. The molecular formula is C18H19N3O2S. The van der Waals surface area contributed by atoms with E-state index in [1.54, 1.807) is 35.9 Å². The molecule has 0 saturated heterocycles. The summed E-state index contributed by atoms with van der Waals surface area (Å²) in [5.74, 6) is 0. The van der Waals surface area contributed by atoms with Gasteiger partial charge in [-0.25, -0.2) is 13.1 Å². The summed E-state index contributed by atoms with van der Waals surface area (Å²) in [6, 6.07) is 12.7. The summed E-state index contributed by atoms with van der Waals surface area (Å²) in [4.78, 5) is 0.226. The van der Waals surface area contributed by atoms with Crippen molar-refractivity contribution in [3.63, 3.8) is 0 Å². The number of benzene rings is 2. The van der Waals surface area contributed by atoms with Crippen LogP contribution < -0.4 is 0 Å². The monoisotopic (exact) mass is 341 g/mol. The van der Waals surface area contributed by atoms with Crippen LogP contribution in [0.25, 0.3) is 5.69 Å². The molecule has 0 amide bonds. The van der Waals surface area contributed by atoms with E-state index in [4.69, 9.17) is 0 Å². The van der Waals surface area contributed by atoms with Gasteiger partial charge >= 0.3 is 0 Å². The summed E-state index contributed by atoms with van der Waals surface area (Å²) < 4.78 is 27.3. The maximum Gasteiger partial charge on any atom is 0.227 e. The van der Waals surface area contributed by atoms with Gasteiger partial charge in [-0.15, -0.1) is 5.10 Å². The third kappa shape index (κ3) is 2.73. The van der Waals surface area contributed by atoms with Crippen LogP contribution in [0.5, 0.6) is 0 Å². The maximum atomic E-state index is 12.8. The summed E-state index contributed by atoms with van der Waals surface area (Å²) in [5, 5.41) is 8.04. The highest BCUT2D eigenvalue weighted by molar-refractivity contribution is 7.91. The van der Waals surface area contributed by atoms with E-state index in [1.807, 2.05) is 39.0 Å². The van der Waals surface area contributed by atoms with Crippen molar-refractivity contribution >= 4 is 9.84 Å². The first kappa shape index (κ1) is 16.4. The van der Waals surface area contributed by atoms with Gasteiger partial charge in [0.2, 0.25) is 14.9 Å². The molecule has 0 N–H and O–H groups in total. The number of aromatic nitrogens is 3. The van der Waals surface area contributed by atoms with Gasteiger partial charge in [-0.2, -0.15) is 0 Å². The Morgan fingerprint density at radius 2 is 1.50 bits per heavy atom. The Labute approximate surface area is 141 Å². The summed E-state index contributed by atoms with van der Waals surface area (Å²) >= 11 is 0. The summed E-state index contributed by atoms with van der Waals surface area (Å²) in [6.07, 6.45) is 0. The molecule has 0 bridgehead atoms. The lowest BCUT2D eigenvalue weighted by molar-refractivity contribution is 0.591. The summed E-state index contributed by atoms with van der Waals surface area (Å²) in [5.41, 5.74) is 4.43. The predicted octanol–water partition coefficient (Wildman–Crippen LogP) is 3.33. The largest absolute Gasteiger partial charge is 0.227 e. The Hall–Kier alpha value is -2.47. The number of sulfone groups is 1. The van der Waals surface area contributed by atoms with Crippen LogP contribution in [0, 0.1) is 27.7 Å². The third-order valence-electron chi connectivity index (χ3n) is 4.03. The van der Waals surface area contributed by atoms with E-state index < -0.39 is 9.84 Å². The molecule has 0 radical (unpaired) electrons. The maximum absolute atomic E-state index is 12.8. The average Bonchev–Trinajstić information content (AvgIpc) is 2.92. The quantitative estimate of drug-likeness (QED) is 0.733. The summed E-state index contributed by atoms with van der Waals surface area (Å²) in [7, 11) is -3.69. The molecular weight excluding hydrogens is 322 g/mol. The van der Waals surface area contributed by atoms with Gasteiger partial charge in [-0.05, 0) is 57.0 Å². The molecule has 2 aromatic carbocycles. The Morgan fingerprint density at radius 1 is 0.875 bits per heavy atom. The van der Waals surface area contributed by atoms with E-state index in [9.17, 15) is 8.42 Å². The molecule has 1 heterocycles. The van der Waals surface area contributed by atoms with E-state index in [0.717, 1.165) is 22.4 Å². The van der Waals surface area contributed by atoms with Gasteiger partial charge in [0.05, 0.1) is 16.3 Å². The second kappa shape index (κ2) is 5.87. The lowest BCUT2D eigenvalue weighted by Crippen LogP contribution is -2.06. The Kier molecular flexibility index (Phi) is 4.01. The van der Waals surface area contributed by atoms with Crippen molar-refractivity contribution in [1.29, 1.82) is 0 Å². The van der Waals surface area contributed by atoms with E-state index in [1.165, 1.54) is 0 Å². The number of hydrogen-bond donors (Lipinski definition) is 0. The van der Waals surface area contributed by atoms with Gasteiger partial charge in [-0.1, -0.05) is 35.0 Å². The molecule has 0 fully saturated rings. The summed E-state index contributed by atoms with van der Waals surface area (Å²) in [6.45, 7) is 7.59. The highest BCUT2D eigenvalue weighted by Crippen LogP contribution is 2.25. The first-order valence-corrected chi connectivity index (χ1v) is 9.10. The topological polar surface area (TPSA) is 64.8 Å². The first-order chi connectivity index (χ1) is 11.3. The van der Waals surface area contributed by atoms with Crippen LogP contribution in [0.15, 0.2) is 52.4 Å².